The summed E-state index contributed by atoms with van der Waals surface area (Å²) in [7, 11) is 1.69. The number of aromatic hydroxyl groups is 1. The van der Waals surface area contributed by atoms with Crippen LogP contribution in [0.1, 0.15) is 49.8 Å². The number of aromatic nitrogens is 1. The van der Waals surface area contributed by atoms with Crippen molar-refractivity contribution in [2.45, 2.75) is 63.3 Å². The first kappa shape index (κ1) is 22.8. The molecule has 7 heteroatoms. The average molecular weight is 470 g/mol. The van der Waals surface area contributed by atoms with Gasteiger partial charge in [-0.25, -0.2) is 4.98 Å². The highest BCUT2D eigenvalue weighted by Gasteiger charge is 2.17. The highest BCUT2D eigenvalue weighted by Crippen LogP contribution is 2.39. The van der Waals surface area contributed by atoms with Crippen LogP contribution in [-0.4, -0.2) is 23.2 Å². The molecule has 1 aliphatic carbocycles. The molecule has 1 heterocycles. The maximum Gasteiger partial charge on any atom is 0.183 e. The topological polar surface area (TPSA) is 66.4 Å². The molecule has 1 aromatic heterocycles. The van der Waals surface area contributed by atoms with Crippen molar-refractivity contribution >= 4 is 34.1 Å². The van der Waals surface area contributed by atoms with Crippen molar-refractivity contribution in [1.82, 2.24) is 4.98 Å². The van der Waals surface area contributed by atoms with Crippen LogP contribution in [0.3, 0.4) is 0 Å². The Morgan fingerprint density at radius 2 is 1.84 bits per heavy atom. The zero-order valence-electron chi connectivity index (χ0n) is 18.9. The van der Waals surface area contributed by atoms with Crippen molar-refractivity contribution in [1.29, 1.82) is 0 Å². The van der Waals surface area contributed by atoms with Gasteiger partial charge in [-0.1, -0.05) is 37.0 Å². The van der Waals surface area contributed by atoms with Crippen LogP contribution in [-0.2, 0) is 0 Å². The predicted octanol–water partition coefficient (Wildman–Crippen LogP) is 7.40. The molecule has 1 aliphatic rings. The number of benzene rings is 2. The van der Waals surface area contributed by atoms with E-state index in [1.807, 2.05) is 19.1 Å². The van der Waals surface area contributed by atoms with Crippen LogP contribution in [0.5, 0.6) is 11.5 Å². The minimum absolute atomic E-state index is 0.270. The fourth-order valence-corrected chi connectivity index (χ4v) is 6.02. The van der Waals surface area contributed by atoms with Crippen molar-refractivity contribution in [3.8, 4) is 21.9 Å². The minimum Gasteiger partial charge on any atom is -0.508 e. The normalized spacial score (nSPS) is 14.7. The third kappa shape index (κ3) is 5.51. The first-order valence-corrected chi connectivity index (χ1v) is 12.8. The maximum absolute atomic E-state index is 9.65. The van der Waals surface area contributed by atoms with Gasteiger partial charge in [0.25, 0.3) is 0 Å². The summed E-state index contributed by atoms with van der Waals surface area (Å²) in [5.41, 5.74) is 4.14. The van der Waals surface area contributed by atoms with E-state index in [2.05, 4.69) is 29.1 Å². The van der Waals surface area contributed by atoms with Crippen molar-refractivity contribution in [2.75, 3.05) is 17.1 Å². The summed E-state index contributed by atoms with van der Waals surface area (Å²) < 4.78 is 8.99. The van der Waals surface area contributed by atoms with Gasteiger partial charge in [-0.2, -0.15) is 0 Å². The number of ether oxygens (including phenoxy) is 1. The summed E-state index contributed by atoms with van der Waals surface area (Å²) in [6.07, 6.45) is 7.79. The number of hydrogen-bond acceptors (Lipinski definition) is 7. The van der Waals surface area contributed by atoms with Crippen molar-refractivity contribution < 1.29 is 9.84 Å². The number of anilines is 2. The number of phenols is 1. The smallest absolute Gasteiger partial charge is 0.183 e. The van der Waals surface area contributed by atoms with Crippen LogP contribution in [0, 0.1) is 13.8 Å². The Bertz CT molecular complexity index is 1060. The Morgan fingerprint density at radius 3 is 2.56 bits per heavy atom. The van der Waals surface area contributed by atoms with Crippen LogP contribution in [0.15, 0.2) is 41.3 Å². The molecule has 1 saturated carbocycles. The van der Waals surface area contributed by atoms with Gasteiger partial charge in [-0.15, -0.1) is 0 Å². The lowest BCUT2D eigenvalue weighted by Gasteiger charge is -2.14. The zero-order valence-corrected chi connectivity index (χ0v) is 20.5. The Balaban J connectivity index is 1.53. The zero-order chi connectivity index (χ0) is 22.5. The molecule has 0 radical (unpaired) electrons. The first-order valence-electron chi connectivity index (χ1n) is 11.2. The lowest BCUT2D eigenvalue weighted by Crippen LogP contribution is -2.17. The molecule has 0 aliphatic heterocycles. The summed E-state index contributed by atoms with van der Waals surface area (Å²) in [5.74, 6) is 1.09. The van der Waals surface area contributed by atoms with Gasteiger partial charge in [0.15, 0.2) is 5.13 Å². The Morgan fingerprint density at radius 1 is 1.06 bits per heavy atom. The number of phenolic OH excluding ortho intramolecular Hbond substituents is 1. The van der Waals surface area contributed by atoms with E-state index in [1.165, 1.54) is 55.3 Å². The lowest BCUT2D eigenvalue weighted by molar-refractivity contribution is 0.405. The van der Waals surface area contributed by atoms with Crippen molar-refractivity contribution in [3.63, 3.8) is 0 Å². The molecule has 0 saturated heterocycles. The van der Waals surface area contributed by atoms with E-state index in [0.29, 0.717) is 6.04 Å². The molecule has 32 heavy (non-hydrogen) atoms. The summed E-state index contributed by atoms with van der Waals surface area (Å²) >= 11 is 3.24. The van der Waals surface area contributed by atoms with Crippen molar-refractivity contribution in [2.24, 2.45) is 0 Å². The number of nitrogens with zero attached hydrogens (tertiary/aromatic N) is 1. The highest BCUT2D eigenvalue weighted by molar-refractivity contribution is 8.00. The standard InChI is InChI=1S/C25H31N3O2S2/c1-16-14-20(29)11-12-21(16)28-32-23-15-18(10-13-22(23)30-3)24-17(2)26-25(31-24)27-19-8-6-4-5-7-9-19/h10-15,19,28-29H,4-9H2,1-3H3,(H,26,27). The second-order valence-corrected chi connectivity index (χ2v) is 10.2. The molecule has 0 unspecified atom stereocenters. The van der Waals surface area contributed by atoms with Gasteiger partial charge >= 0.3 is 0 Å². The number of methoxy groups -OCH3 is 1. The van der Waals surface area contributed by atoms with Gasteiger partial charge in [0, 0.05) is 11.7 Å². The van der Waals surface area contributed by atoms with Gasteiger partial charge in [0.1, 0.15) is 11.5 Å². The van der Waals surface area contributed by atoms with E-state index in [1.54, 1.807) is 30.6 Å². The van der Waals surface area contributed by atoms with Crippen LogP contribution >= 0.6 is 23.3 Å². The molecule has 0 spiro atoms. The van der Waals surface area contributed by atoms with E-state index in [0.717, 1.165) is 38.3 Å². The first-order chi connectivity index (χ1) is 15.5. The third-order valence-corrected chi connectivity index (χ3v) is 7.88. The van der Waals surface area contributed by atoms with Gasteiger partial charge in [-0.05, 0) is 86.2 Å². The molecule has 2 aromatic carbocycles. The van der Waals surface area contributed by atoms with Gasteiger partial charge in [-0.3, -0.25) is 0 Å². The molecule has 1 fully saturated rings. The molecule has 0 amide bonds. The minimum atomic E-state index is 0.270. The number of aryl methyl sites for hydroxylation is 2. The van der Waals surface area contributed by atoms with E-state index in [4.69, 9.17) is 9.72 Å². The van der Waals surface area contributed by atoms with Gasteiger partial charge in [0.2, 0.25) is 0 Å². The molecule has 3 N–H and O–H groups in total. The van der Waals surface area contributed by atoms with E-state index in [9.17, 15) is 5.11 Å². The molecule has 0 atom stereocenters. The summed E-state index contributed by atoms with van der Waals surface area (Å²) in [4.78, 5) is 7.02. The van der Waals surface area contributed by atoms with E-state index in [-0.39, 0.29) is 5.75 Å². The second-order valence-electron chi connectivity index (χ2n) is 8.34. The number of thiazole rings is 1. The molecule has 4 rings (SSSR count). The molecule has 3 aromatic rings. The Labute approximate surface area is 198 Å². The largest absolute Gasteiger partial charge is 0.508 e. The summed E-state index contributed by atoms with van der Waals surface area (Å²) in [6, 6.07) is 12.1. The average Bonchev–Trinajstić information content (AvgIpc) is 2.96. The molecule has 0 bridgehead atoms. The number of rotatable bonds is 7. The fourth-order valence-electron chi connectivity index (χ4n) is 4.09. The predicted molar refractivity (Wildman–Crippen MR) is 136 cm³/mol. The SMILES string of the molecule is COc1ccc(-c2sc(NC3CCCCCC3)nc2C)cc1SNc1ccc(O)cc1C. The lowest BCUT2D eigenvalue weighted by atomic mass is 10.1. The monoisotopic (exact) mass is 469 g/mol. The highest BCUT2D eigenvalue weighted by atomic mass is 32.2. The second kappa shape index (κ2) is 10.5. The summed E-state index contributed by atoms with van der Waals surface area (Å²) in [6.45, 7) is 4.05. The third-order valence-electron chi connectivity index (χ3n) is 5.89. The summed E-state index contributed by atoms with van der Waals surface area (Å²) in [5, 5.41) is 14.4. The van der Waals surface area contributed by atoms with Crippen molar-refractivity contribution in [3.05, 3.63) is 47.7 Å². The Kier molecular flexibility index (Phi) is 7.48. The van der Waals surface area contributed by atoms with Gasteiger partial charge in [0.05, 0.1) is 22.6 Å². The number of hydrogen-bond donors (Lipinski definition) is 3. The number of nitrogens with one attached hydrogen (secondary N) is 2. The fraction of sp³-hybridized carbons (Fsp3) is 0.400. The van der Waals surface area contributed by atoms with Crippen LogP contribution in [0.4, 0.5) is 10.8 Å². The van der Waals surface area contributed by atoms with Crippen LogP contribution in [0.25, 0.3) is 10.4 Å². The quantitative estimate of drug-likeness (QED) is 0.190. The molecule has 5 nitrogen and oxygen atoms in total. The van der Waals surface area contributed by atoms with Crippen LogP contribution in [0.2, 0.25) is 0 Å². The Hall–Kier alpha value is -2.38. The van der Waals surface area contributed by atoms with E-state index >= 15 is 0 Å². The van der Waals surface area contributed by atoms with Crippen LogP contribution < -0.4 is 14.8 Å². The van der Waals surface area contributed by atoms with Gasteiger partial charge < -0.3 is 19.9 Å². The van der Waals surface area contributed by atoms with E-state index < -0.39 is 0 Å². The molecular weight excluding hydrogens is 438 g/mol. The molecular formula is C25H31N3O2S2. The molecule has 170 valence electrons. The maximum atomic E-state index is 9.65.